The molecule has 0 bridgehead atoms. The van der Waals surface area contributed by atoms with E-state index >= 15 is 0 Å². The van der Waals surface area contributed by atoms with Crippen LogP contribution in [0.15, 0.2) is 30.3 Å². The maximum absolute atomic E-state index is 2.40. The summed E-state index contributed by atoms with van der Waals surface area (Å²) in [7, 11) is 0.922. The minimum absolute atomic E-state index is 0.769. The van der Waals surface area contributed by atoms with E-state index in [4.69, 9.17) is 0 Å². The molecule has 0 aliphatic rings. The summed E-state index contributed by atoms with van der Waals surface area (Å²) in [6.45, 7) is 4.62. The Morgan fingerprint density at radius 1 is 1.29 bits per heavy atom. The van der Waals surface area contributed by atoms with Crippen LogP contribution in [0, 0.1) is 0 Å². The van der Waals surface area contributed by atoms with Crippen LogP contribution >= 0.6 is 8.19 Å². The second-order valence-electron chi connectivity index (χ2n) is 4.00. The largest absolute Gasteiger partial charge is 0.128 e. The van der Waals surface area contributed by atoms with E-state index in [2.05, 4.69) is 44.2 Å². The van der Waals surface area contributed by atoms with Gasteiger partial charge in [0.25, 0.3) is 0 Å². The van der Waals surface area contributed by atoms with Crippen LogP contribution in [-0.4, -0.2) is 0 Å². The summed E-state index contributed by atoms with van der Waals surface area (Å²) in [4.78, 5) is 0. The van der Waals surface area contributed by atoms with Crippen LogP contribution in [0.5, 0.6) is 0 Å². The Balaban J connectivity index is 2.35. The highest BCUT2D eigenvalue weighted by molar-refractivity contribution is 7.38. The minimum Gasteiger partial charge on any atom is -0.128 e. The zero-order valence-electron chi connectivity index (χ0n) is 8.88. The Morgan fingerprint density at radius 3 is 2.79 bits per heavy atom. The molecule has 0 amide bonds. The quantitative estimate of drug-likeness (QED) is 0.675. The summed E-state index contributed by atoms with van der Waals surface area (Å²) in [5.41, 5.74) is 0. The molecule has 0 nitrogen and oxygen atoms in total. The highest BCUT2D eigenvalue weighted by atomic mass is 31.0. The predicted octanol–water partition coefficient (Wildman–Crippen LogP) is 4.77. The van der Waals surface area contributed by atoms with Gasteiger partial charge in [0.1, 0.15) is 0 Å². The van der Waals surface area contributed by atoms with E-state index in [9.17, 15) is 0 Å². The molecule has 2 unspecified atom stereocenters. The molecule has 1 heterocycles. The smallest absolute Gasteiger partial charge is 0.00155 e. The van der Waals surface area contributed by atoms with Gasteiger partial charge in [0.15, 0.2) is 0 Å². The Hall–Kier alpha value is -0.740. The van der Waals surface area contributed by atoms with Crippen LogP contribution in [0.3, 0.4) is 0 Å². The highest BCUT2D eigenvalue weighted by Crippen LogP contribution is 2.36. The Morgan fingerprint density at radius 2 is 2.07 bits per heavy atom. The second kappa shape index (κ2) is 4.19. The molecule has 1 aromatic heterocycles. The third kappa shape index (κ3) is 1.86. The summed E-state index contributed by atoms with van der Waals surface area (Å²) in [6, 6.07) is 11.2. The van der Waals surface area contributed by atoms with Crippen molar-refractivity contribution in [1.29, 1.82) is 0 Å². The lowest BCUT2D eigenvalue weighted by atomic mass is 10.0. The van der Waals surface area contributed by atoms with Crippen molar-refractivity contribution in [2.75, 3.05) is 0 Å². The highest BCUT2D eigenvalue weighted by Gasteiger charge is 2.06. The van der Waals surface area contributed by atoms with Gasteiger partial charge < -0.3 is 0 Å². The molecule has 2 atom stereocenters. The molecular weight excluding hydrogens is 187 g/mol. The minimum atomic E-state index is 0.769. The lowest BCUT2D eigenvalue weighted by Gasteiger charge is -2.06. The van der Waals surface area contributed by atoms with Gasteiger partial charge in [0.05, 0.1) is 0 Å². The molecule has 0 aliphatic heterocycles. The fourth-order valence-corrected chi connectivity index (χ4v) is 3.36. The van der Waals surface area contributed by atoms with E-state index in [0.717, 1.165) is 14.1 Å². The van der Waals surface area contributed by atoms with Crippen LogP contribution < -0.4 is 0 Å². The third-order valence-electron chi connectivity index (χ3n) is 2.80. The van der Waals surface area contributed by atoms with Gasteiger partial charge in [-0.05, 0) is 34.2 Å². The molecule has 0 spiro atoms. The molecular formula is C13H17P. The SMILES string of the molecule is CCCC(C)c1cc2ccccc2[pH]1. The van der Waals surface area contributed by atoms with Gasteiger partial charge in [-0.15, -0.1) is 8.19 Å². The predicted molar refractivity (Wildman–Crippen MR) is 66.8 cm³/mol. The van der Waals surface area contributed by atoms with Gasteiger partial charge in [-0.25, -0.2) is 0 Å². The number of benzene rings is 1. The van der Waals surface area contributed by atoms with Gasteiger partial charge >= 0.3 is 0 Å². The van der Waals surface area contributed by atoms with Gasteiger partial charge in [-0.3, -0.25) is 0 Å². The molecule has 74 valence electrons. The molecule has 2 aromatic rings. The molecule has 0 aliphatic carbocycles. The summed E-state index contributed by atoms with van der Waals surface area (Å²) in [5, 5.41) is 4.63. The Bertz CT molecular complexity index is 381. The van der Waals surface area contributed by atoms with E-state index in [1.165, 1.54) is 23.3 Å². The normalized spacial score (nSPS) is 13.9. The van der Waals surface area contributed by atoms with Crippen LogP contribution in [0.2, 0.25) is 0 Å². The Kier molecular flexibility index (Phi) is 2.93. The molecule has 2 rings (SSSR count). The summed E-state index contributed by atoms with van der Waals surface area (Å²) >= 11 is 0. The zero-order chi connectivity index (χ0) is 9.97. The standard InChI is InChI=1S/C13H17P/c1-3-6-10(2)13-9-11-7-4-5-8-12(11)14-13/h4-5,7-10,14H,3,6H2,1-2H3. The van der Waals surface area contributed by atoms with Gasteiger partial charge in [0, 0.05) is 0 Å². The van der Waals surface area contributed by atoms with E-state index in [1.807, 2.05) is 0 Å². The van der Waals surface area contributed by atoms with Gasteiger partial charge in [-0.1, -0.05) is 44.5 Å². The molecule has 0 saturated carbocycles. The van der Waals surface area contributed by atoms with Crippen molar-refractivity contribution in [1.82, 2.24) is 0 Å². The third-order valence-corrected chi connectivity index (χ3v) is 4.45. The van der Waals surface area contributed by atoms with Crippen LogP contribution in [-0.2, 0) is 0 Å². The lowest BCUT2D eigenvalue weighted by molar-refractivity contribution is 0.675. The van der Waals surface area contributed by atoms with E-state index in [0.29, 0.717) is 0 Å². The Labute approximate surface area is 87.4 Å². The number of hydrogen-bond donors (Lipinski definition) is 0. The first-order valence-corrected chi connectivity index (χ1v) is 6.39. The average molecular weight is 204 g/mol. The monoisotopic (exact) mass is 204 g/mol. The first kappa shape index (κ1) is 9.80. The van der Waals surface area contributed by atoms with E-state index < -0.39 is 0 Å². The van der Waals surface area contributed by atoms with E-state index in [1.54, 1.807) is 5.30 Å². The van der Waals surface area contributed by atoms with Crippen molar-refractivity contribution >= 4 is 18.7 Å². The molecule has 0 N–H and O–H groups in total. The van der Waals surface area contributed by atoms with Gasteiger partial charge in [0.2, 0.25) is 0 Å². The van der Waals surface area contributed by atoms with Crippen molar-refractivity contribution in [3.63, 3.8) is 0 Å². The van der Waals surface area contributed by atoms with Crippen molar-refractivity contribution in [3.05, 3.63) is 35.6 Å². The topological polar surface area (TPSA) is 0 Å². The molecule has 14 heavy (non-hydrogen) atoms. The zero-order valence-corrected chi connectivity index (χ0v) is 9.88. The fraction of sp³-hybridized carbons (Fsp3) is 0.385. The fourth-order valence-electron chi connectivity index (χ4n) is 1.95. The first-order valence-electron chi connectivity index (χ1n) is 5.39. The summed E-state index contributed by atoms with van der Waals surface area (Å²) in [5.74, 6) is 0.769. The summed E-state index contributed by atoms with van der Waals surface area (Å²) in [6.07, 6.45) is 2.62. The van der Waals surface area contributed by atoms with Crippen molar-refractivity contribution in [2.24, 2.45) is 0 Å². The van der Waals surface area contributed by atoms with Crippen LogP contribution in [0.25, 0.3) is 10.5 Å². The van der Waals surface area contributed by atoms with E-state index in [-0.39, 0.29) is 0 Å². The first-order chi connectivity index (χ1) is 6.81. The molecule has 1 heteroatoms. The molecule has 0 fully saturated rings. The summed E-state index contributed by atoms with van der Waals surface area (Å²) < 4.78 is 0. The maximum Gasteiger partial charge on any atom is -0.00155 e. The van der Waals surface area contributed by atoms with Crippen LogP contribution in [0.4, 0.5) is 0 Å². The lowest BCUT2D eigenvalue weighted by Crippen LogP contribution is -1.86. The molecule has 0 radical (unpaired) electrons. The molecule has 1 aromatic carbocycles. The molecule has 0 saturated heterocycles. The average Bonchev–Trinajstić information content (AvgIpc) is 2.61. The van der Waals surface area contributed by atoms with Crippen molar-refractivity contribution in [2.45, 2.75) is 32.6 Å². The number of fused-ring (bicyclic) bond motifs is 1. The van der Waals surface area contributed by atoms with Crippen LogP contribution in [0.1, 0.15) is 37.9 Å². The van der Waals surface area contributed by atoms with Crippen molar-refractivity contribution < 1.29 is 0 Å². The maximum atomic E-state index is 2.40. The number of hydrogen-bond acceptors (Lipinski definition) is 0. The van der Waals surface area contributed by atoms with Gasteiger partial charge in [-0.2, -0.15) is 0 Å². The second-order valence-corrected chi connectivity index (χ2v) is 5.37. The number of rotatable bonds is 3. The van der Waals surface area contributed by atoms with Crippen molar-refractivity contribution in [3.8, 4) is 0 Å².